The van der Waals surface area contributed by atoms with Crippen molar-refractivity contribution >= 4 is 39.8 Å². The molecule has 0 aliphatic rings. The van der Waals surface area contributed by atoms with Crippen LogP contribution in [-0.4, -0.2) is 20.6 Å². The number of fused-ring (bicyclic) bond motifs is 1. The van der Waals surface area contributed by atoms with Gasteiger partial charge in [-0.1, -0.05) is 6.07 Å². The van der Waals surface area contributed by atoms with Gasteiger partial charge in [0.25, 0.3) is 0 Å². The number of hydrogen-bond donors (Lipinski definition) is 3. The zero-order valence-corrected chi connectivity index (χ0v) is 19.6. The highest BCUT2D eigenvalue weighted by molar-refractivity contribution is 6.05. The van der Waals surface area contributed by atoms with Crippen LogP contribution in [0.2, 0.25) is 0 Å². The number of carbonyl (C=O) groups excluding carboxylic acids is 1. The van der Waals surface area contributed by atoms with Crippen molar-refractivity contribution in [3.63, 3.8) is 0 Å². The van der Waals surface area contributed by atoms with Crippen LogP contribution in [0.4, 0.5) is 45.2 Å². The molecule has 2 aromatic carbocycles. The minimum Gasteiger partial charge on any atom is -0.343 e. The number of urea groups is 1. The van der Waals surface area contributed by atoms with E-state index in [1.54, 1.807) is 30.7 Å². The summed E-state index contributed by atoms with van der Waals surface area (Å²) in [6, 6.07) is 15.5. The largest absolute Gasteiger partial charge is 0.416 e. The van der Waals surface area contributed by atoms with Gasteiger partial charge in [0, 0.05) is 30.5 Å². The maximum Gasteiger partial charge on any atom is 0.416 e. The Bertz CT molecular complexity index is 1600. The third-order valence-corrected chi connectivity index (χ3v) is 5.71. The standard InChI is InChI=1S/C27H20F4N6O/c28-21-7-6-18(27(29,30)31)14-23(21)36-26(38)35-22-4-1-5-24-20(22)9-12-37(24)16-17-8-11-33-25(13-17)34-19-3-2-10-32-15-19/h1-15H,16H2,(H,33,34)(H2,35,36,38). The van der Waals surface area contributed by atoms with Gasteiger partial charge in [-0.25, -0.2) is 14.2 Å². The van der Waals surface area contributed by atoms with Crippen LogP contribution in [0, 0.1) is 5.82 Å². The van der Waals surface area contributed by atoms with E-state index >= 15 is 0 Å². The molecule has 0 unspecified atom stereocenters. The second-order valence-corrected chi connectivity index (χ2v) is 8.37. The van der Waals surface area contributed by atoms with Crippen molar-refractivity contribution in [2.75, 3.05) is 16.0 Å². The van der Waals surface area contributed by atoms with E-state index in [1.165, 1.54) is 0 Å². The van der Waals surface area contributed by atoms with Crippen LogP contribution in [0.1, 0.15) is 11.1 Å². The molecule has 3 N–H and O–H groups in total. The monoisotopic (exact) mass is 520 g/mol. The van der Waals surface area contributed by atoms with Crippen LogP contribution in [0.5, 0.6) is 0 Å². The first-order valence-corrected chi connectivity index (χ1v) is 11.4. The zero-order chi connectivity index (χ0) is 26.7. The molecule has 0 radical (unpaired) electrons. The molecule has 5 aromatic rings. The summed E-state index contributed by atoms with van der Waals surface area (Å²) in [5, 5.41) is 8.66. The number of anilines is 4. The van der Waals surface area contributed by atoms with E-state index in [2.05, 4.69) is 25.9 Å². The molecule has 3 heterocycles. The highest BCUT2D eigenvalue weighted by Crippen LogP contribution is 2.32. The molecule has 0 saturated heterocycles. The number of nitrogens with one attached hydrogen (secondary N) is 3. The van der Waals surface area contributed by atoms with Crippen LogP contribution in [0.3, 0.4) is 0 Å². The molecule has 7 nitrogen and oxygen atoms in total. The van der Waals surface area contributed by atoms with Crippen molar-refractivity contribution in [1.29, 1.82) is 0 Å². The fourth-order valence-electron chi connectivity index (χ4n) is 3.97. The van der Waals surface area contributed by atoms with Crippen LogP contribution < -0.4 is 16.0 Å². The lowest BCUT2D eigenvalue weighted by Gasteiger charge is -2.13. The van der Waals surface area contributed by atoms with Crippen molar-refractivity contribution in [2.24, 2.45) is 0 Å². The summed E-state index contributed by atoms with van der Waals surface area (Å²) in [5.74, 6) is -0.319. The van der Waals surface area contributed by atoms with E-state index in [0.717, 1.165) is 16.8 Å². The van der Waals surface area contributed by atoms with E-state index in [9.17, 15) is 22.4 Å². The lowest BCUT2D eigenvalue weighted by molar-refractivity contribution is -0.137. The van der Waals surface area contributed by atoms with E-state index in [4.69, 9.17) is 0 Å². The van der Waals surface area contributed by atoms with E-state index < -0.39 is 29.3 Å². The molecule has 0 atom stereocenters. The van der Waals surface area contributed by atoms with Gasteiger partial charge in [0.1, 0.15) is 11.6 Å². The lowest BCUT2D eigenvalue weighted by Crippen LogP contribution is -2.20. The molecule has 192 valence electrons. The summed E-state index contributed by atoms with van der Waals surface area (Å²) in [4.78, 5) is 20.9. The molecule has 0 bridgehead atoms. The molecular formula is C27H20F4N6O. The average molecular weight is 520 g/mol. The molecule has 2 amide bonds. The third-order valence-electron chi connectivity index (χ3n) is 5.71. The van der Waals surface area contributed by atoms with Gasteiger partial charge in [-0.05, 0) is 66.2 Å². The third kappa shape index (κ3) is 5.56. The highest BCUT2D eigenvalue weighted by atomic mass is 19.4. The number of rotatable bonds is 6. The quantitative estimate of drug-likeness (QED) is 0.210. The molecule has 0 spiro atoms. The molecule has 0 aliphatic heterocycles. The molecule has 3 aromatic heterocycles. The fraction of sp³-hybridized carbons (Fsp3) is 0.0741. The molecule has 38 heavy (non-hydrogen) atoms. The van der Waals surface area contributed by atoms with Gasteiger partial charge >= 0.3 is 12.2 Å². The van der Waals surface area contributed by atoms with Gasteiger partial charge in [-0.2, -0.15) is 13.2 Å². The first kappa shape index (κ1) is 24.8. The van der Waals surface area contributed by atoms with E-state index in [1.807, 2.05) is 47.2 Å². The molecule has 0 aliphatic carbocycles. The number of halogens is 4. The van der Waals surface area contributed by atoms with Crippen LogP contribution >= 0.6 is 0 Å². The Kier molecular flexibility index (Phi) is 6.65. The first-order valence-electron chi connectivity index (χ1n) is 11.4. The zero-order valence-electron chi connectivity index (χ0n) is 19.6. The summed E-state index contributed by atoms with van der Waals surface area (Å²) in [5.41, 5.74) is 1.37. The predicted molar refractivity (Wildman–Crippen MR) is 137 cm³/mol. The number of benzene rings is 2. The Morgan fingerprint density at radius 3 is 2.55 bits per heavy atom. The predicted octanol–water partition coefficient (Wildman–Crippen LogP) is 7.03. The van der Waals surface area contributed by atoms with E-state index in [0.29, 0.717) is 41.6 Å². The van der Waals surface area contributed by atoms with Crippen LogP contribution in [0.25, 0.3) is 10.9 Å². The molecule has 0 saturated carbocycles. The average Bonchev–Trinajstić information content (AvgIpc) is 3.29. The maximum absolute atomic E-state index is 14.0. The minimum atomic E-state index is -4.67. The van der Waals surface area contributed by atoms with Crippen molar-refractivity contribution in [2.45, 2.75) is 12.7 Å². The SMILES string of the molecule is O=C(Nc1cc(C(F)(F)F)ccc1F)Nc1cccc2c1ccn2Cc1ccnc(Nc2cccnc2)c1. The lowest BCUT2D eigenvalue weighted by atomic mass is 10.2. The van der Waals surface area contributed by atoms with Crippen molar-refractivity contribution < 1.29 is 22.4 Å². The van der Waals surface area contributed by atoms with E-state index in [-0.39, 0.29) is 0 Å². The van der Waals surface area contributed by atoms with Crippen molar-refractivity contribution in [3.05, 3.63) is 108 Å². The highest BCUT2D eigenvalue weighted by Gasteiger charge is 2.31. The molecule has 0 fully saturated rings. The van der Waals surface area contributed by atoms with Crippen molar-refractivity contribution in [3.8, 4) is 0 Å². The number of nitrogens with zero attached hydrogens (tertiary/aromatic N) is 3. The maximum atomic E-state index is 14.0. The minimum absolute atomic E-state index is 0.416. The molecule has 11 heteroatoms. The molecular weight excluding hydrogens is 500 g/mol. The van der Waals surface area contributed by atoms with Gasteiger partial charge in [-0.3, -0.25) is 4.98 Å². The Labute approximate surface area is 214 Å². The van der Waals surface area contributed by atoms with Gasteiger partial charge < -0.3 is 20.5 Å². The Morgan fingerprint density at radius 1 is 0.921 bits per heavy atom. The Hall–Kier alpha value is -4.93. The van der Waals surface area contributed by atoms with Crippen LogP contribution in [0.15, 0.2) is 91.5 Å². The normalized spacial score (nSPS) is 11.4. The molecule has 5 rings (SSSR count). The number of amides is 2. The smallest absolute Gasteiger partial charge is 0.343 e. The first-order chi connectivity index (χ1) is 18.3. The summed E-state index contributed by atoms with van der Waals surface area (Å²) >= 11 is 0. The van der Waals surface area contributed by atoms with Gasteiger partial charge in [0.05, 0.1) is 34.3 Å². The summed E-state index contributed by atoms with van der Waals surface area (Å²) in [6.07, 6.45) is 2.26. The summed E-state index contributed by atoms with van der Waals surface area (Å²) in [7, 11) is 0. The number of carbonyl (C=O) groups is 1. The van der Waals surface area contributed by atoms with Gasteiger partial charge in [0.2, 0.25) is 0 Å². The number of hydrogen-bond acceptors (Lipinski definition) is 4. The number of alkyl halides is 3. The number of pyridine rings is 2. The topological polar surface area (TPSA) is 83.9 Å². The number of aromatic nitrogens is 3. The van der Waals surface area contributed by atoms with Gasteiger partial charge in [0.15, 0.2) is 0 Å². The Morgan fingerprint density at radius 2 is 1.76 bits per heavy atom. The Balaban J connectivity index is 1.32. The van der Waals surface area contributed by atoms with Crippen LogP contribution in [-0.2, 0) is 12.7 Å². The van der Waals surface area contributed by atoms with Crippen molar-refractivity contribution in [1.82, 2.24) is 14.5 Å². The summed E-state index contributed by atoms with van der Waals surface area (Å²) < 4.78 is 54.9. The van der Waals surface area contributed by atoms with Gasteiger partial charge in [-0.15, -0.1) is 0 Å². The fourth-order valence-corrected chi connectivity index (χ4v) is 3.97. The summed E-state index contributed by atoms with van der Waals surface area (Å²) in [6.45, 7) is 0.513. The second kappa shape index (κ2) is 10.2. The second-order valence-electron chi connectivity index (χ2n) is 8.37.